The number of ether oxygens (including phenoxy) is 1. The van der Waals surface area contributed by atoms with Crippen LogP contribution in [0.4, 0.5) is 5.82 Å². The van der Waals surface area contributed by atoms with Gasteiger partial charge in [0.1, 0.15) is 18.1 Å². The van der Waals surface area contributed by atoms with Crippen LogP contribution in [0.5, 0.6) is 0 Å². The number of hydrogen-bond acceptors (Lipinski definition) is 6. The molecule has 2 aromatic heterocycles. The van der Waals surface area contributed by atoms with Gasteiger partial charge in [-0.15, -0.1) is 0 Å². The molecule has 2 N–H and O–H groups in total. The molecule has 1 saturated heterocycles. The van der Waals surface area contributed by atoms with Gasteiger partial charge in [-0.25, -0.2) is 9.78 Å². The lowest BCUT2D eigenvalue weighted by atomic mass is 10.0. The predicted octanol–water partition coefficient (Wildman–Crippen LogP) is 2.56. The van der Waals surface area contributed by atoms with Crippen molar-refractivity contribution in [2.45, 2.75) is 45.3 Å². The molecule has 9 nitrogen and oxygen atoms in total. The molecule has 0 spiro atoms. The molecule has 10 heteroatoms. The normalized spacial score (nSPS) is 14.9. The van der Waals surface area contributed by atoms with E-state index in [4.69, 9.17) is 16.3 Å². The topological polar surface area (TPSA) is 106 Å². The molecule has 0 aromatic carbocycles. The number of rotatable bonds is 7. The Kier molecular flexibility index (Phi) is 7.87. The van der Waals surface area contributed by atoms with E-state index in [9.17, 15) is 14.4 Å². The van der Waals surface area contributed by atoms with Gasteiger partial charge in [0, 0.05) is 37.6 Å². The van der Waals surface area contributed by atoms with Gasteiger partial charge in [-0.05, 0) is 44.9 Å². The maximum Gasteiger partial charge on any atom is 0.354 e. The number of carbonyl (C=O) groups excluding carboxylic acids is 3. The summed E-state index contributed by atoms with van der Waals surface area (Å²) in [6, 6.07) is 5.17. The van der Waals surface area contributed by atoms with Crippen LogP contribution in [0.1, 0.15) is 47.5 Å². The fourth-order valence-corrected chi connectivity index (χ4v) is 3.77. The molecule has 1 aliphatic heterocycles. The predicted molar refractivity (Wildman–Crippen MR) is 121 cm³/mol. The lowest BCUT2D eigenvalue weighted by Crippen LogP contribution is -2.46. The second-order valence-electron chi connectivity index (χ2n) is 8.02. The molecule has 3 rings (SSSR count). The number of halogens is 1. The van der Waals surface area contributed by atoms with E-state index >= 15 is 0 Å². The largest absolute Gasteiger partial charge is 0.464 e. The average Bonchev–Trinajstić information content (AvgIpc) is 3.19. The van der Waals surface area contributed by atoms with Crippen molar-refractivity contribution in [2.75, 3.05) is 25.5 Å². The highest BCUT2D eigenvalue weighted by molar-refractivity contribution is 6.30. The van der Waals surface area contributed by atoms with E-state index < -0.39 is 11.9 Å². The van der Waals surface area contributed by atoms with Gasteiger partial charge in [0.2, 0.25) is 5.91 Å². The maximum atomic E-state index is 12.8. The number of methoxy groups -OCH3 is 1. The van der Waals surface area contributed by atoms with E-state index in [1.54, 1.807) is 12.1 Å². The Morgan fingerprint density at radius 2 is 1.97 bits per heavy atom. The number of hydrogen-bond donors (Lipinski definition) is 2. The lowest BCUT2D eigenvalue weighted by molar-refractivity contribution is -0.116. The number of esters is 1. The highest BCUT2D eigenvalue weighted by Crippen LogP contribution is 2.16. The average molecular weight is 462 g/mol. The molecule has 0 atom stereocenters. The SMILES string of the molecule is COC(=O)c1cc(C(=O)NC2CCN(C(C)C)CC2)cn1CC(=O)Nc1ccc(Cl)cn1. The van der Waals surface area contributed by atoms with Gasteiger partial charge in [-0.2, -0.15) is 0 Å². The third-order valence-corrected chi connectivity index (χ3v) is 5.68. The fraction of sp³-hybridized carbons (Fsp3) is 0.455. The molecular formula is C22H28ClN5O4. The first-order valence-corrected chi connectivity index (χ1v) is 10.9. The second kappa shape index (κ2) is 10.6. The summed E-state index contributed by atoms with van der Waals surface area (Å²) < 4.78 is 6.21. The number of carbonyl (C=O) groups is 3. The van der Waals surface area contributed by atoms with E-state index in [0.29, 0.717) is 22.4 Å². The number of piperidine rings is 1. The van der Waals surface area contributed by atoms with Crippen LogP contribution in [0.25, 0.3) is 0 Å². The van der Waals surface area contributed by atoms with Crippen molar-refractivity contribution >= 4 is 35.2 Å². The number of anilines is 1. The van der Waals surface area contributed by atoms with Crippen LogP contribution in [0.15, 0.2) is 30.6 Å². The molecule has 3 heterocycles. The van der Waals surface area contributed by atoms with Gasteiger partial charge in [0.15, 0.2) is 0 Å². The first-order valence-electron chi connectivity index (χ1n) is 10.5. The first kappa shape index (κ1) is 23.7. The molecule has 0 bridgehead atoms. The van der Waals surface area contributed by atoms with Crippen molar-refractivity contribution in [3.8, 4) is 0 Å². The van der Waals surface area contributed by atoms with Crippen molar-refractivity contribution in [3.63, 3.8) is 0 Å². The third kappa shape index (κ3) is 6.08. The van der Waals surface area contributed by atoms with Crippen LogP contribution >= 0.6 is 11.6 Å². The van der Waals surface area contributed by atoms with Gasteiger partial charge in [-0.1, -0.05) is 11.6 Å². The molecule has 2 amide bonds. The number of aromatic nitrogens is 2. The highest BCUT2D eigenvalue weighted by Gasteiger charge is 2.24. The summed E-state index contributed by atoms with van der Waals surface area (Å²) in [6.07, 6.45) is 4.64. The van der Waals surface area contributed by atoms with Gasteiger partial charge in [-0.3, -0.25) is 9.59 Å². The zero-order chi connectivity index (χ0) is 23.3. The Morgan fingerprint density at radius 1 is 1.25 bits per heavy atom. The maximum absolute atomic E-state index is 12.8. The summed E-state index contributed by atoms with van der Waals surface area (Å²) >= 11 is 5.80. The molecule has 1 fully saturated rings. The quantitative estimate of drug-likeness (QED) is 0.614. The summed E-state index contributed by atoms with van der Waals surface area (Å²) in [6.45, 7) is 5.99. The second-order valence-corrected chi connectivity index (χ2v) is 8.46. The first-order chi connectivity index (χ1) is 15.3. The Labute approximate surface area is 192 Å². The number of likely N-dealkylation sites (tertiary alicyclic amines) is 1. The Bertz CT molecular complexity index is 965. The summed E-state index contributed by atoms with van der Waals surface area (Å²) in [5.74, 6) is -0.992. The van der Waals surface area contributed by atoms with Crippen LogP contribution in [0.2, 0.25) is 5.02 Å². The molecular weight excluding hydrogens is 434 g/mol. The lowest BCUT2D eigenvalue weighted by Gasteiger charge is -2.34. The van der Waals surface area contributed by atoms with Gasteiger partial charge in [0.05, 0.1) is 17.7 Å². The van der Waals surface area contributed by atoms with Crippen LogP contribution in [0, 0.1) is 0 Å². The molecule has 0 radical (unpaired) electrons. The highest BCUT2D eigenvalue weighted by atomic mass is 35.5. The monoisotopic (exact) mass is 461 g/mol. The third-order valence-electron chi connectivity index (χ3n) is 5.46. The standard InChI is InChI=1S/C22H28ClN5O4/c1-14(2)27-8-6-17(7-9-27)25-21(30)15-10-18(22(31)32-3)28(12-15)13-20(29)26-19-5-4-16(23)11-24-19/h4-5,10-12,14,17H,6-9,13H2,1-3H3,(H,25,30)(H,24,26,29). The summed E-state index contributed by atoms with van der Waals surface area (Å²) in [7, 11) is 1.25. The van der Waals surface area contributed by atoms with Crippen LogP contribution < -0.4 is 10.6 Å². The van der Waals surface area contributed by atoms with Gasteiger partial charge < -0.3 is 24.8 Å². The van der Waals surface area contributed by atoms with Crippen molar-refractivity contribution in [1.82, 2.24) is 19.8 Å². The summed E-state index contributed by atoms with van der Waals surface area (Å²) in [4.78, 5) is 43.8. The van der Waals surface area contributed by atoms with Gasteiger partial charge in [0.25, 0.3) is 5.91 Å². The molecule has 0 saturated carbocycles. The van der Waals surface area contributed by atoms with Crippen molar-refractivity contribution in [2.24, 2.45) is 0 Å². The van der Waals surface area contributed by atoms with Gasteiger partial charge >= 0.3 is 5.97 Å². The smallest absolute Gasteiger partial charge is 0.354 e. The van der Waals surface area contributed by atoms with Crippen LogP contribution in [-0.4, -0.2) is 64.5 Å². The van der Waals surface area contributed by atoms with E-state index in [1.807, 2.05) is 0 Å². The van der Waals surface area contributed by atoms with Crippen LogP contribution in [-0.2, 0) is 16.1 Å². The minimum Gasteiger partial charge on any atom is -0.464 e. The number of amides is 2. The summed E-state index contributed by atoms with van der Waals surface area (Å²) in [5, 5.41) is 6.12. The molecule has 0 aliphatic carbocycles. The van der Waals surface area contributed by atoms with Crippen LogP contribution in [0.3, 0.4) is 0 Å². The Hall–Kier alpha value is -2.91. The molecule has 2 aromatic rings. The number of pyridine rings is 1. The molecule has 32 heavy (non-hydrogen) atoms. The van der Waals surface area contributed by atoms with Crippen molar-refractivity contribution < 1.29 is 19.1 Å². The summed E-state index contributed by atoms with van der Waals surface area (Å²) in [5.41, 5.74) is 0.417. The van der Waals surface area contributed by atoms with E-state index in [1.165, 1.54) is 30.1 Å². The Morgan fingerprint density at radius 3 is 2.56 bits per heavy atom. The van der Waals surface area contributed by atoms with E-state index in [-0.39, 0.29) is 24.2 Å². The van der Waals surface area contributed by atoms with E-state index in [0.717, 1.165) is 25.9 Å². The van der Waals surface area contributed by atoms with E-state index in [2.05, 4.69) is 34.4 Å². The number of nitrogens with zero attached hydrogens (tertiary/aromatic N) is 3. The molecule has 0 unspecified atom stereocenters. The Balaban J connectivity index is 1.67. The fourth-order valence-electron chi connectivity index (χ4n) is 3.66. The van der Waals surface area contributed by atoms with Crippen molar-refractivity contribution in [1.29, 1.82) is 0 Å². The number of nitrogens with one attached hydrogen (secondary N) is 2. The zero-order valence-electron chi connectivity index (χ0n) is 18.4. The van der Waals surface area contributed by atoms with Crippen molar-refractivity contribution in [3.05, 3.63) is 46.9 Å². The molecule has 172 valence electrons. The minimum atomic E-state index is -0.633. The molecule has 1 aliphatic rings. The zero-order valence-corrected chi connectivity index (χ0v) is 19.2. The minimum absolute atomic E-state index is 0.0710.